The summed E-state index contributed by atoms with van der Waals surface area (Å²) >= 11 is 0. The molecule has 0 atom stereocenters. The fourth-order valence-corrected chi connectivity index (χ4v) is 3.32. The lowest BCUT2D eigenvalue weighted by Gasteiger charge is -2.36. The van der Waals surface area contributed by atoms with Crippen LogP contribution in [0.3, 0.4) is 0 Å². The Morgan fingerprint density at radius 3 is 2.71 bits per heavy atom. The molecule has 0 radical (unpaired) electrons. The first-order valence-electron chi connectivity index (χ1n) is 8.47. The second-order valence-corrected chi connectivity index (χ2v) is 6.15. The molecule has 24 heavy (non-hydrogen) atoms. The van der Waals surface area contributed by atoms with Crippen LogP contribution in [0, 0.1) is 0 Å². The van der Waals surface area contributed by atoms with Gasteiger partial charge in [-0.1, -0.05) is 0 Å². The number of nitrogens with zero attached hydrogens (tertiary/aromatic N) is 4. The normalized spacial score (nSPS) is 18.2. The maximum Gasteiger partial charge on any atom is 0.224 e. The van der Waals surface area contributed by atoms with Crippen LogP contribution in [0.2, 0.25) is 0 Å². The van der Waals surface area contributed by atoms with Crippen molar-refractivity contribution in [3.63, 3.8) is 0 Å². The minimum absolute atomic E-state index is 0.135. The van der Waals surface area contributed by atoms with Gasteiger partial charge in [-0.05, 0) is 12.5 Å². The van der Waals surface area contributed by atoms with Crippen molar-refractivity contribution in [1.29, 1.82) is 0 Å². The highest BCUT2D eigenvalue weighted by atomic mass is 16.5. The third-order valence-corrected chi connectivity index (χ3v) is 4.72. The molecule has 2 amide bonds. The number of piperazine rings is 1. The van der Waals surface area contributed by atoms with Gasteiger partial charge in [0.25, 0.3) is 0 Å². The molecule has 0 aromatic carbocycles. The van der Waals surface area contributed by atoms with Crippen LogP contribution in [0.25, 0.3) is 0 Å². The van der Waals surface area contributed by atoms with Gasteiger partial charge >= 0.3 is 0 Å². The number of pyridine rings is 1. The summed E-state index contributed by atoms with van der Waals surface area (Å²) in [5.41, 5.74) is 1.02. The van der Waals surface area contributed by atoms with Crippen molar-refractivity contribution < 1.29 is 14.3 Å². The van der Waals surface area contributed by atoms with Gasteiger partial charge in [0.1, 0.15) is 0 Å². The second-order valence-electron chi connectivity index (χ2n) is 6.15. The Bertz CT molecular complexity index is 599. The van der Waals surface area contributed by atoms with Gasteiger partial charge in [-0.25, -0.2) is 0 Å². The van der Waals surface area contributed by atoms with Gasteiger partial charge in [0, 0.05) is 58.3 Å². The summed E-state index contributed by atoms with van der Waals surface area (Å²) < 4.78 is 5.36. The van der Waals surface area contributed by atoms with E-state index in [9.17, 15) is 9.59 Å². The molecule has 0 saturated carbocycles. The predicted molar refractivity (Wildman–Crippen MR) is 90.0 cm³/mol. The predicted octanol–water partition coefficient (Wildman–Crippen LogP) is 0.751. The highest BCUT2D eigenvalue weighted by molar-refractivity contribution is 5.80. The SMILES string of the molecule is COc1cnccc1N1CCN(C(=O)CCN2CCCC2=O)CC1. The van der Waals surface area contributed by atoms with Gasteiger partial charge < -0.3 is 19.4 Å². The van der Waals surface area contributed by atoms with Crippen LogP contribution in [-0.4, -0.2) is 73.0 Å². The third kappa shape index (κ3) is 3.60. The monoisotopic (exact) mass is 332 g/mol. The summed E-state index contributed by atoms with van der Waals surface area (Å²) in [6, 6.07) is 1.94. The molecule has 7 nitrogen and oxygen atoms in total. The Balaban J connectivity index is 1.49. The van der Waals surface area contributed by atoms with Crippen molar-refractivity contribution in [3.05, 3.63) is 18.5 Å². The van der Waals surface area contributed by atoms with Gasteiger partial charge in [-0.2, -0.15) is 0 Å². The van der Waals surface area contributed by atoms with Crippen molar-refractivity contribution in [1.82, 2.24) is 14.8 Å². The number of amides is 2. The standard InChI is InChI=1S/C17H24N4O3/c1-24-15-13-18-6-4-14(15)19-9-11-21(12-10-19)17(23)5-8-20-7-2-3-16(20)22/h4,6,13H,2-3,5,7-12H2,1H3. The summed E-state index contributed by atoms with van der Waals surface area (Å²) in [7, 11) is 1.64. The van der Waals surface area contributed by atoms with E-state index in [0.717, 1.165) is 37.5 Å². The number of hydrogen-bond acceptors (Lipinski definition) is 5. The van der Waals surface area contributed by atoms with Crippen LogP contribution in [0.5, 0.6) is 5.75 Å². The molecule has 3 rings (SSSR count). The Kier molecular flexibility index (Phi) is 5.17. The van der Waals surface area contributed by atoms with Crippen molar-refractivity contribution in [2.24, 2.45) is 0 Å². The molecule has 3 heterocycles. The number of carbonyl (C=O) groups excluding carboxylic acids is 2. The number of anilines is 1. The average Bonchev–Trinajstić information content (AvgIpc) is 3.04. The first-order chi connectivity index (χ1) is 11.7. The summed E-state index contributed by atoms with van der Waals surface area (Å²) in [4.78, 5) is 33.9. The van der Waals surface area contributed by atoms with Crippen LogP contribution >= 0.6 is 0 Å². The maximum absolute atomic E-state index is 12.4. The molecule has 2 aliphatic heterocycles. The van der Waals surface area contributed by atoms with Crippen molar-refractivity contribution in [2.45, 2.75) is 19.3 Å². The topological polar surface area (TPSA) is 66.0 Å². The van der Waals surface area contributed by atoms with Crippen molar-refractivity contribution in [3.8, 4) is 5.75 Å². The minimum atomic E-state index is 0.135. The first-order valence-corrected chi connectivity index (χ1v) is 8.47. The lowest BCUT2D eigenvalue weighted by atomic mass is 10.2. The van der Waals surface area contributed by atoms with E-state index >= 15 is 0 Å². The van der Waals surface area contributed by atoms with E-state index in [-0.39, 0.29) is 11.8 Å². The summed E-state index contributed by atoms with van der Waals surface area (Å²) in [6.45, 7) is 4.28. The van der Waals surface area contributed by atoms with Crippen molar-refractivity contribution >= 4 is 17.5 Å². The molecule has 0 spiro atoms. The van der Waals surface area contributed by atoms with Crippen LogP contribution in [0.4, 0.5) is 5.69 Å². The van der Waals surface area contributed by atoms with Crippen LogP contribution in [-0.2, 0) is 9.59 Å². The Labute approximate surface area is 142 Å². The van der Waals surface area contributed by atoms with Crippen LogP contribution in [0.1, 0.15) is 19.3 Å². The van der Waals surface area contributed by atoms with Gasteiger partial charge in [-0.3, -0.25) is 14.6 Å². The van der Waals surface area contributed by atoms with E-state index in [0.29, 0.717) is 32.5 Å². The smallest absolute Gasteiger partial charge is 0.224 e. The Morgan fingerprint density at radius 1 is 1.25 bits per heavy atom. The fraction of sp³-hybridized carbons (Fsp3) is 0.588. The zero-order valence-corrected chi connectivity index (χ0v) is 14.1. The van der Waals surface area contributed by atoms with Gasteiger partial charge in [0.2, 0.25) is 11.8 Å². The number of likely N-dealkylation sites (tertiary alicyclic amines) is 1. The molecule has 0 unspecified atom stereocenters. The van der Waals surface area contributed by atoms with E-state index in [1.165, 1.54) is 0 Å². The first kappa shape index (κ1) is 16.5. The molecule has 7 heteroatoms. The van der Waals surface area contributed by atoms with Gasteiger partial charge in [0.05, 0.1) is 19.0 Å². The lowest BCUT2D eigenvalue weighted by molar-refractivity contribution is -0.133. The van der Waals surface area contributed by atoms with Gasteiger partial charge in [-0.15, -0.1) is 0 Å². The maximum atomic E-state index is 12.4. The van der Waals surface area contributed by atoms with E-state index in [1.54, 1.807) is 24.4 Å². The largest absolute Gasteiger partial charge is 0.493 e. The highest BCUT2D eigenvalue weighted by Crippen LogP contribution is 2.27. The highest BCUT2D eigenvalue weighted by Gasteiger charge is 2.25. The zero-order chi connectivity index (χ0) is 16.9. The number of aromatic nitrogens is 1. The average molecular weight is 332 g/mol. The molecule has 2 aliphatic rings. The molecule has 0 aliphatic carbocycles. The summed E-state index contributed by atoms with van der Waals surface area (Å²) in [5.74, 6) is 1.07. The summed E-state index contributed by atoms with van der Waals surface area (Å²) in [6.07, 6.45) is 5.42. The summed E-state index contributed by atoms with van der Waals surface area (Å²) in [5, 5.41) is 0. The van der Waals surface area contributed by atoms with Crippen LogP contribution in [0.15, 0.2) is 18.5 Å². The number of methoxy groups -OCH3 is 1. The van der Waals surface area contributed by atoms with Gasteiger partial charge in [0.15, 0.2) is 5.75 Å². The zero-order valence-electron chi connectivity index (χ0n) is 14.1. The molecule has 130 valence electrons. The van der Waals surface area contributed by atoms with Crippen LogP contribution < -0.4 is 9.64 Å². The second kappa shape index (κ2) is 7.51. The number of hydrogen-bond donors (Lipinski definition) is 0. The quantitative estimate of drug-likeness (QED) is 0.796. The molecular weight excluding hydrogens is 308 g/mol. The molecule has 1 aromatic heterocycles. The number of ether oxygens (including phenoxy) is 1. The van der Waals surface area contributed by atoms with E-state index in [2.05, 4.69) is 9.88 Å². The lowest BCUT2D eigenvalue weighted by Crippen LogP contribution is -2.49. The third-order valence-electron chi connectivity index (χ3n) is 4.72. The van der Waals surface area contributed by atoms with E-state index < -0.39 is 0 Å². The molecular formula is C17H24N4O3. The molecule has 0 bridgehead atoms. The number of rotatable bonds is 5. The molecule has 2 fully saturated rings. The minimum Gasteiger partial charge on any atom is -0.493 e. The molecule has 2 saturated heterocycles. The van der Waals surface area contributed by atoms with E-state index in [4.69, 9.17) is 4.74 Å². The molecule has 1 aromatic rings. The Hall–Kier alpha value is -2.31. The fourth-order valence-electron chi connectivity index (χ4n) is 3.32. The molecule has 0 N–H and O–H groups in total. The number of carbonyl (C=O) groups is 2. The van der Waals surface area contributed by atoms with E-state index in [1.807, 2.05) is 11.0 Å². The Morgan fingerprint density at radius 2 is 2.04 bits per heavy atom. The van der Waals surface area contributed by atoms with Crippen molar-refractivity contribution in [2.75, 3.05) is 51.3 Å².